The highest BCUT2D eigenvalue weighted by Crippen LogP contribution is 2.29. The summed E-state index contributed by atoms with van der Waals surface area (Å²) in [6.45, 7) is 1.01. The van der Waals surface area contributed by atoms with Crippen molar-refractivity contribution in [3.05, 3.63) is 59.5 Å². The molecule has 0 aliphatic carbocycles. The van der Waals surface area contributed by atoms with Crippen molar-refractivity contribution in [2.24, 2.45) is 0 Å². The lowest BCUT2D eigenvalue weighted by atomic mass is 10.1. The van der Waals surface area contributed by atoms with E-state index < -0.39 is 0 Å². The van der Waals surface area contributed by atoms with E-state index in [0.717, 1.165) is 10.9 Å². The fraction of sp³-hybridized carbons (Fsp3) is 0.304. The predicted octanol–water partition coefficient (Wildman–Crippen LogP) is 3.10. The summed E-state index contributed by atoms with van der Waals surface area (Å²) in [5, 5.41) is 6.50. The van der Waals surface area contributed by atoms with Gasteiger partial charge < -0.3 is 29.6 Å². The fourth-order valence-electron chi connectivity index (χ4n) is 3.63. The summed E-state index contributed by atoms with van der Waals surface area (Å²) in [5.41, 5.74) is 2.91. The summed E-state index contributed by atoms with van der Waals surface area (Å²) in [5.74, 6) is 0.272. The average molecular weight is 440 g/mol. The number of carbonyl (C=O) groups is 2. The van der Waals surface area contributed by atoms with Crippen LogP contribution in [0, 0.1) is 5.82 Å². The van der Waals surface area contributed by atoms with Crippen molar-refractivity contribution < 1.29 is 23.5 Å². The summed E-state index contributed by atoms with van der Waals surface area (Å²) < 4.78 is 26.4. The molecule has 2 aromatic carbocycles. The van der Waals surface area contributed by atoms with Crippen molar-refractivity contribution >= 4 is 28.5 Å². The zero-order valence-corrected chi connectivity index (χ0v) is 18.0. The number of hydrogen-bond acceptors (Lipinski definition) is 4. The number of likely N-dealkylation sites (N-methyl/N-ethyl adjacent to an activating group) is 1. The Bertz CT molecular complexity index is 1160. The summed E-state index contributed by atoms with van der Waals surface area (Å²) in [4.78, 5) is 25.8. The molecular weight excluding hydrogens is 415 g/mol. The van der Waals surface area contributed by atoms with Crippen LogP contribution in [0.15, 0.2) is 42.6 Å². The smallest absolute Gasteiger partial charge is 0.319 e. The van der Waals surface area contributed by atoms with Gasteiger partial charge in [0.15, 0.2) is 6.79 Å². The van der Waals surface area contributed by atoms with Crippen molar-refractivity contribution in [3.8, 4) is 5.75 Å². The standard InChI is InChI=1S/C23H25FN4O4/c1-27(2)21(29)12-28-8-6-15-11-19(3-4-20(15)28)26-23(30)25-7-5-16-9-18(24)10-17-13-31-14-32-22(16)17/h3-4,6,8-11H,5,7,12-14H2,1-2H3,(H2,25,26,30). The topological polar surface area (TPSA) is 84.8 Å². The molecule has 0 spiro atoms. The molecule has 1 aromatic heterocycles. The number of urea groups is 1. The van der Waals surface area contributed by atoms with Crippen LogP contribution in [0.2, 0.25) is 0 Å². The number of nitrogens with zero attached hydrogens (tertiary/aromatic N) is 2. The number of aromatic nitrogens is 1. The first-order valence-corrected chi connectivity index (χ1v) is 10.3. The van der Waals surface area contributed by atoms with Gasteiger partial charge in [0.1, 0.15) is 18.1 Å². The van der Waals surface area contributed by atoms with Crippen LogP contribution < -0.4 is 15.4 Å². The largest absolute Gasteiger partial charge is 0.467 e. The maximum absolute atomic E-state index is 13.8. The van der Waals surface area contributed by atoms with Gasteiger partial charge in [-0.05, 0) is 48.4 Å². The molecule has 2 heterocycles. The molecular formula is C23H25FN4O4. The number of fused-ring (bicyclic) bond motifs is 2. The van der Waals surface area contributed by atoms with Crippen LogP contribution in [0.3, 0.4) is 0 Å². The van der Waals surface area contributed by atoms with Gasteiger partial charge >= 0.3 is 6.03 Å². The number of rotatable bonds is 6. The maximum Gasteiger partial charge on any atom is 0.319 e. The van der Waals surface area contributed by atoms with E-state index in [0.29, 0.717) is 42.1 Å². The van der Waals surface area contributed by atoms with Gasteiger partial charge in [0.25, 0.3) is 0 Å². The average Bonchev–Trinajstić information content (AvgIpc) is 3.15. The van der Waals surface area contributed by atoms with Gasteiger partial charge in [-0.2, -0.15) is 0 Å². The molecule has 0 radical (unpaired) electrons. The van der Waals surface area contributed by atoms with E-state index in [1.807, 2.05) is 29.0 Å². The summed E-state index contributed by atoms with van der Waals surface area (Å²) in [6, 6.07) is 9.87. The Kier molecular flexibility index (Phi) is 6.27. The van der Waals surface area contributed by atoms with E-state index in [4.69, 9.17) is 9.47 Å². The number of nitrogens with one attached hydrogen (secondary N) is 2. The lowest BCUT2D eigenvalue weighted by molar-refractivity contribution is -0.129. The summed E-state index contributed by atoms with van der Waals surface area (Å²) in [6.07, 6.45) is 2.28. The highest BCUT2D eigenvalue weighted by atomic mass is 19.1. The molecule has 0 bridgehead atoms. The van der Waals surface area contributed by atoms with E-state index in [1.54, 1.807) is 25.1 Å². The number of carbonyl (C=O) groups excluding carboxylic acids is 2. The van der Waals surface area contributed by atoms with Gasteiger partial charge in [0.2, 0.25) is 5.91 Å². The minimum absolute atomic E-state index is 0.00145. The lowest BCUT2D eigenvalue weighted by Crippen LogP contribution is -2.30. The molecule has 0 saturated carbocycles. The van der Waals surface area contributed by atoms with Crippen LogP contribution in [-0.4, -0.2) is 48.8 Å². The van der Waals surface area contributed by atoms with Crippen LogP contribution in [-0.2, 0) is 29.1 Å². The number of ether oxygens (including phenoxy) is 2. The van der Waals surface area contributed by atoms with Gasteiger partial charge in [0.05, 0.1) is 6.61 Å². The Morgan fingerprint density at radius 1 is 1.19 bits per heavy atom. The van der Waals surface area contributed by atoms with Crippen LogP contribution >= 0.6 is 0 Å². The molecule has 32 heavy (non-hydrogen) atoms. The summed E-state index contributed by atoms with van der Waals surface area (Å²) >= 11 is 0. The molecule has 0 fully saturated rings. The monoisotopic (exact) mass is 440 g/mol. The van der Waals surface area contributed by atoms with E-state index in [9.17, 15) is 14.0 Å². The molecule has 0 atom stereocenters. The molecule has 168 valence electrons. The third kappa shape index (κ3) is 4.83. The highest BCUT2D eigenvalue weighted by Gasteiger charge is 2.17. The third-order valence-electron chi connectivity index (χ3n) is 5.26. The zero-order chi connectivity index (χ0) is 22.7. The summed E-state index contributed by atoms with van der Waals surface area (Å²) in [7, 11) is 3.44. The Morgan fingerprint density at radius 3 is 2.84 bits per heavy atom. The predicted molar refractivity (Wildman–Crippen MR) is 118 cm³/mol. The van der Waals surface area contributed by atoms with Gasteiger partial charge in [-0.3, -0.25) is 4.79 Å². The molecule has 8 nitrogen and oxygen atoms in total. The normalized spacial score (nSPS) is 12.7. The number of hydrogen-bond donors (Lipinski definition) is 2. The fourth-order valence-corrected chi connectivity index (χ4v) is 3.63. The highest BCUT2D eigenvalue weighted by molar-refractivity contribution is 5.93. The zero-order valence-electron chi connectivity index (χ0n) is 18.0. The van der Waals surface area contributed by atoms with Crippen molar-refractivity contribution in [2.45, 2.75) is 19.6 Å². The van der Waals surface area contributed by atoms with E-state index in [2.05, 4.69) is 10.6 Å². The number of anilines is 1. The minimum atomic E-state index is -0.360. The quantitative estimate of drug-likeness (QED) is 0.617. The maximum atomic E-state index is 13.8. The van der Waals surface area contributed by atoms with Gasteiger partial charge in [-0.25, -0.2) is 9.18 Å². The SMILES string of the molecule is CN(C)C(=O)Cn1ccc2cc(NC(=O)NCCc3cc(F)cc4c3OCOC4)ccc21. The second-order valence-corrected chi connectivity index (χ2v) is 7.80. The van der Waals surface area contributed by atoms with Crippen LogP contribution in [0.25, 0.3) is 10.9 Å². The first-order valence-electron chi connectivity index (χ1n) is 10.3. The molecule has 3 amide bonds. The Labute approximate surface area is 184 Å². The molecule has 0 saturated heterocycles. The molecule has 2 N–H and O–H groups in total. The van der Waals surface area contributed by atoms with Gasteiger partial charge in [-0.15, -0.1) is 0 Å². The minimum Gasteiger partial charge on any atom is -0.467 e. The van der Waals surface area contributed by atoms with E-state index in [-0.39, 0.29) is 31.1 Å². The molecule has 4 rings (SSSR count). The van der Waals surface area contributed by atoms with Crippen LogP contribution in [0.4, 0.5) is 14.9 Å². The van der Waals surface area contributed by atoms with E-state index >= 15 is 0 Å². The second-order valence-electron chi connectivity index (χ2n) is 7.80. The number of amides is 3. The third-order valence-corrected chi connectivity index (χ3v) is 5.26. The molecule has 1 aliphatic heterocycles. The lowest BCUT2D eigenvalue weighted by Gasteiger charge is -2.21. The second kappa shape index (κ2) is 9.27. The number of benzene rings is 2. The van der Waals surface area contributed by atoms with Gasteiger partial charge in [-0.1, -0.05) is 0 Å². The van der Waals surface area contributed by atoms with Crippen LogP contribution in [0.1, 0.15) is 11.1 Å². The first kappa shape index (κ1) is 21.6. The molecule has 9 heteroatoms. The van der Waals surface area contributed by atoms with Crippen molar-refractivity contribution in [2.75, 3.05) is 32.7 Å². The molecule has 1 aliphatic rings. The van der Waals surface area contributed by atoms with Crippen molar-refractivity contribution in [1.82, 2.24) is 14.8 Å². The van der Waals surface area contributed by atoms with Crippen LogP contribution in [0.5, 0.6) is 5.75 Å². The van der Waals surface area contributed by atoms with Gasteiger partial charge in [0, 0.05) is 49.0 Å². The van der Waals surface area contributed by atoms with Crippen molar-refractivity contribution in [3.63, 3.8) is 0 Å². The van der Waals surface area contributed by atoms with E-state index in [1.165, 1.54) is 12.1 Å². The first-order chi connectivity index (χ1) is 15.4. The molecule has 0 unspecified atom stereocenters. The molecule has 3 aromatic rings. The Morgan fingerprint density at radius 2 is 2.03 bits per heavy atom. The van der Waals surface area contributed by atoms with Crippen molar-refractivity contribution in [1.29, 1.82) is 0 Å². The Hall–Kier alpha value is -3.59. The number of halogens is 1. The Balaban J connectivity index is 1.34.